The summed E-state index contributed by atoms with van der Waals surface area (Å²) in [6, 6.07) is -0.323. The van der Waals surface area contributed by atoms with Crippen molar-refractivity contribution in [1.29, 1.82) is 0 Å². The molecule has 0 aliphatic carbocycles. The van der Waals surface area contributed by atoms with E-state index in [0.717, 1.165) is 6.42 Å². The van der Waals surface area contributed by atoms with Crippen molar-refractivity contribution in [3.8, 4) is 0 Å². The Morgan fingerprint density at radius 2 is 1.83 bits per heavy atom. The first-order chi connectivity index (χ1) is 8.14. The van der Waals surface area contributed by atoms with Crippen LogP contribution in [0, 0.1) is 5.41 Å². The zero-order valence-electron chi connectivity index (χ0n) is 12.5. The summed E-state index contributed by atoms with van der Waals surface area (Å²) in [5.41, 5.74) is -0.747. The van der Waals surface area contributed by atoms with Gasteiger partial charge < -0.3 is 10.2 Å². The molecular formula is C14H26N2O2. The molecule has 1 saturated heterocycles. The second-order valence-electron chi connectivity index (χ2n) is 6.49. The fourth-order valence-corrected chi connectivity index (χ4v) is 2.25. The monoisotopic (exact) mass is 254 g/mol. The van der Waals surface area contributed by atoms with Crippen LogP contribution in [-0.4, -0.2) is 34.8 Å². The molecular weight excluding hydrogens is 228 g/mol. The van der Waals surface area contributed by atoms with E-state index in [0.29, 0.717) is 13.0 Å². The van der Waals surface area contributed by atoms with Crippen LogP contribution in [-0.2, 0) is 9.59 Å². The second-order valence-corrected chi connectivity index (χ2v) is 6.49. The van der Waals surface area contributed by atoms with Gasteiger partial charge in [0.15, 0.2) is 0 Å². The van der Waals surface area contributed by atoms with Crippen LogP contribution in [0.2, 0.25) is 0 Å². The van der Waals surface area contributed by atoms with Gasteiger partial charge in [0.05, 0.1) is 0 Å². The Hall–Kier alpha value is -1.06. The molecule has 0 saturated carbocycles. The highest BCUT2D eigenvalue weighted by molar-refractivity contribution is 5.99. The predicted octanol–water partition coefficient (Wildman–Crippen LogP) is 1.94. The van der Waals surface area contributed by atoms with E-state index in [9.17, 15) is 9.59 Å². The van der Waals surface area contributed by atoms with Crippen molar-refractivity contribution >= 4 is 11.8 Å². The molecule has 1 rings (SSSR count). The predicted molar refractivity (Wildman–Crippen MR) is 72.1 cm³/mol. The summed E-state index contributed by atoms with van der Waals surface area (Å²) in [6.07, 6.45) is 1.64. The number of hydrogen-bond donors (Lipinski definition) is 1. The molecule has 1 unspecified atom stereocenters. The molecule has 0 radical (unpaired) electrons. The Kier molecular flexibility index (Phi) is 4.08. The van der Waals surface area contributed by atoms with Crippen molar-refractivity contribution in [2.24, 2.45) is 5.41 Å². The van der Waals surface area contributed by atoms with Crippen molar-refractivity contribution in [3.63, 3.8) is 0 Å². The molecule has 1 aliphatic heterocycles. The Balaban J connectivity index is 3.02. The molecule has 1 atom stereocenters. The minimum atomic E-state index is -0.785. The summed E-state index contributed by atoms with van der Waals surface area (Å²) in [7, 11) is 0. The molecule has 1 heterocycles. The van der Waals surface area contributed by atoms with Crippen molar-refractivity contribution in [3.05, 3.63) is 0 Å². The highest BCUT2D eigenvalue weighted by Gasteiger charge is 2.45. The van der Waals surface area contributed by atoms with E-state index >= 15 is 0 Å². The smallest absolute Gasteiger partial charge is 0.248 e. The normalized spacial score (nSPS) is 24.1. The Labute approximate surface area is 110 Å². The topological polar surface area (TPSA) is 49.4 Å². The van der Waals surface area contributed by atoms with Crippen molar-refractivity contribution in [1.82, 2.24) is 10.2 Å². The van der Waals surface area contributed by atoms with Crippen LogP contribution in [0.4, 0.5) is 0 Å². The standard InChI is InChI=1S/C14H26N2O2/c1-7-10-11(17)15-14(5,6)12(18)16(10)9-13(3,4)8-2/h10H,7-9H2,1-6H3,(H,15,17). The molecule has 0 aromatic rings. The lowest BCUT2D eigenvalue weighted by molar-refractivity contribution is -0.155. The Morgan fingerprint density at radius 1 is 1.28 bits per heavy atom. The molecule has 1 fully saturated rings. The molecule has 0 aromatic heterocycles. The van der Waals surface area contributed by atoms with Crippen molar-refractivity contribution in [2.45, 2.75) is 66.0 Å². The van der Waals surface area contributed by atoms with Gasteiger partial charge in [-0.3, -0.25) is 9.59 Å². The lowest BCUT2D eigenvalue weighted by Crippen LogP contribution is -2.68. The molecule has 4 heteroatoms. The number of carbonyl (C=O) groups is 2. The van der Waals surface area contributed by atoms with Crippen molar-refractivity contribution < 1.29 is 9.59 Å². The van der Waals surface area contributed by atoms with Crippen LogP contribution in [0.3, 0.4) is 0 Å². The van der Waals surface area contributed by atoms with Gasteiger partial charge >= 0.3 is 0 Å². The second kappa shape index (κ2) is 4.90. The van der Waals surface area contributed by atoms with Crippen molar-refractivity contribution in [2.75, 3.05) is 6.54 Å². The third-order valence-electron chi connectivity index (χ3n) is 3.85. The van der Waals surface area contributed by atoms with Gasteiger partial charge in [0.25, 0.3) is 0 Å². The largest absolute Gasteiger partial charge is 0.340 e. The lowest BCUT2D eigenvalue weighted by Gasteiger charge is -2.45. The van der Waals surface area contributed by atoms with E-state index in [2.05, 4.69) is 26.1 Å². The molecule has 4 nitrogen and oxygen atoms in total. The summed E-state index contributed by atoms with van der Waals surface area (Å²) in [6.45, 7) is 12.5. The van der Waals surface area contributed by atoms with Gasteiger partial charge in [0, 0.05) is 6.54 Å². The molecule has 1 N–H and O–H groups in total. The fourth-order valence-electron chi connectivity index (χ4n) is 2.25. The number of piperazine rings is 1. The first-order valence-corrected chi connectivity index (χ1v) is 6.77. The quantitative estimate of drug-likeness (QED) is 0.833. The Bertz CT molecular complexity index is 348. The summed E-state index contributed by atoms with van der Waals surface area (Å²) in [5, 5.41) is 2.81. The van der Waals surface area contributed by atoms with E-state index < -0.39 is 5.54 Å². The van der Waals surface area contributed by atoms with Gasteiger partial charge in [-0.1, -0.05) is 27.7 Å². The zero-order chi connectivity index (χ0) is 14.1. The van der Waals surface area contributed by atoms with Gasteiger partial charge in [-0.05, 0) is 32.1 Å². The average molecular weight is 254 g/mol. The van der Waals surface area contributed by atoms with Crippen LogP contribution in [0.15, 0.2) is 0 Å². The average Bonchev–Trinajstić information content (AvgIpc) is 2.25. The minimum absolute atomic E-state index is 0.0236. The van der Waals surface area contributed by atoms with E-state index in [-0.39, 0.29) is 23.3 Å². The first-order valence-electron chi connectivity index (χ1n) is 6.77. The third-order valence-corrected chi connectivity index (χ3v) is 3.85. The number of amides is 2. The Morgan fingerprint density at radius 3 is 2.28 bits per heavy atom. The summed E-state index contributed by atoms with van der Waals surface area (Å²) in [5.74, 6) is -0.00974. The van der Waals surface area contributed by atoms with Crippen LogP contribution in [0.5, 0.6) is 0 Å². The van der Waals surface area contributed by atoms with Gasteiger partial charge in [0.1, 0.15) is 11.6 Å². The molecule has 1 aliphatic rings. The van der Waals surface area contributed by atoms with Crippen LogP contribution >= 0.6 is 0 Å². The number of rotatable bonds is 4. The summed E-state index contributed by atoms with van der Waals surface area (Å²) < 4.78 is 0. The highest BCUT2D eigenvalue weighted by Crippen LogP contribution is 2.27. The molecule has 2 amide bonds. The maximum atomic E-state index is 12.5. The maximum absolute atomic E-state index is 12.5. The first kappa shape index (κ1) is 15.0. The van der Waals surface area contributed by atoms with Gasteiger partial charge in [-0.2, -0.15) is 0 Å². The molecule has 0 spiro atoms. The lowest BCUT2D eigenvalue weighted by atomic mass is 9.86. The molecule has 0 bridgehead atoms. The van der Waals surface area contributed by atoms with Crippen LogP contribution in [0.1, 0.15) is 54.4 Å². The number of nitrogens with one attached hydrogen (secondary N) is 1. The summed E-state index contributed by atoms with van der Waals surface area (Å²) >= 11 is 0. The number of carbonyl (C=O) groups excluding carboxylic acids is 2. The van der Waals surface area contributed by atoms with Gasteiger partial charge in [-0.25, -0.2) is 0 Å². The highest BCUT2D eigenvalue weighted by atomic mass is 16.2. The fraction of sp³-hybridized carbons (Fsp3) is 0.857. The van der Waals surface area contributed by atoms with Gasteiger partial charge in [-0.15, -0.1) is 0 Å². The SMILES string of the molecule is CCC1C(=O)NC(C)(C)C(=O)N1CC(C)(C)CC. The van der Waals surface area contributed by atoms with E-state index in [4.69, 9.17) is 0 Å². The maximum Gasteiger partial charge on any atom is 0.248 e. The zero-order valence-corrected chi connectivity index (χ0v) is 12.5. The minimum Gasteiger partial charge on any atom is -0.340 e. The van der Waals surface area contributed by atoms with Crippen LogP contribution in [0.25, 0.3) is 0 Å². The molecule has 104 valence electrons. The number of nitrogens with zero attached hydrogens (tertiary/aromatic N) is 1. The number of hydrogen-bond acceptors (Lipinski definition) is 2. The van der Waals surface area contributed by atoms with E-state index in [1.807, 2.05) is 6.92 Å². The van der Waals surface area contributed by atoms with Crippen LogP contribution < -0.4 is 5.32 Å². The summed E-state index contributed by atoms with van der Waals surface area (Å²) in [4.78, 5) is 26.3. The molecule has 18 heavy (non-hydrogen) atoms. The van der Waals surface area contributed by atoms with E-state index in [1.165, 1.54) is 0 Å². The van der Waals surface area contributed by atoms with E-state index in [1.54, 1.807) is 18.7 Å². The third kappa shape index (κ3) is 2.85. The van der Waals surface area contributed by atoms with Gasteiger partial charge in [0.2, 0.25) is 11.8 Å². The molecule has 0 aromatic carbocycles.